The van der Waals surface area contributed by atoms with Gasteiger partial charge in [0, 0.05) is 0 Å². The normalized spacial score (nSPS) is 15.3. The first kappa shape index (κ1) is 19.7. The predicted octanol–water partition coefficient (Wildman–Crippen LogP) is -1.57. The van der Waals surface area contributed by atoms with Crippen LogP contribution in [-0.4, -0.2) is 79.3 Å². The van der Waals surface area contributed by atoms with Gasteiger partial charge in [0.1, 0.15) is 0 Å². The van der Waals surface area contributed by atoms with Gasteiger partial charge in [0.15, 0.2) is 0 Å². The van der Waals surface area contributed by atoms with Gasteiger partial charge >= 0.3 is 120 Å². The number of aliphatic hydroxyl groups is 3. The molecule has 0 aromatic carbocycles. The van der Waals surface area contributed by atoms with Crippen LogP contribution in [-0.2, 0) is 14.4 Å². The Kier molecular flexibility index (Phi) is 9.40. The maximum atomic E-state index is 11.1. The third kappa shape index (κ3) is 8.06. The average molecular weight is 309 g/mol. The molecule has 0 bridgehead atoms. The summed E-state index contributed by atoms with van der Waals surface area (Å²) in [5.74, 6) is -0.345. The quantitative estimate of drug-likeness (QED) is 0.395. The van der Waals surface area contributed by atoms with E-state index in [1.54, 1.807) is 4.90 Å². The molecule has 0 amide bonds. The van der Waals surface area contributed by atoms with Crippen LogP contribution in [0.2, 0.25) is 0 Å². The van der Waals surface area contributed by atoms with Gasteiger partial charge in [0.05, 0.1) is 0 Å². The predicted molar refractivity (Wildman–Crippen MR) is 75.2 cm³/mol. The summed E-state index contributed by atoms with van der Waals surface area (Å²) >= 11 is 0. The SMILES string of the molecule is CC(C)CC(CO)N(CCO)CC(O)CS(=O)(=O)B=O. The molecule has 20 heavy (non-hydrogen) atoms. The van der Waals surface area contributed by atoms with Crippen molar-refractivity contribution in [3.05, 3.63) is 0 Å². The van der Waals surface area contributed by atoms with Crippen LogP contribution in [0.25, 0.3) is 0 Å². The Morgan fingerprint density at radius 1 is 1.25 bits per heavy atom. The Hall–Kier alpha value is -0.345. The molecule has 2 unspecified atom stereocenters. The van der Waals surface area contributed by atoms with Crippen LogP contribution in [0.3, 0.4) is 0 Å². The van der Waals surface area contributed by atoms with Gasteiger partial charge < -0.3 is 0 Å². The topological polar surface area (TPSA) is 115 Å². The molecule has 2 atom stereocenters. The summed E-state index contributed by atoms with van der Waals surface area (Å²) in [6, 6.07) is -0.268. The van der Waals surface area contributed by atoms with Crippen molar-refractivity contribution in [2.75, 3.05) is 32.1 Å². The molecule has 7 nitrogen and oxygen atoms in total. The Balaban J connectivity index is 4.70. The standard InChI is InChI=1S/C11H24BNO6S/c1-9(2)5-10(7-15)13(3-4-14)6-11(16)8-20(18,19)12-17/h9-11,14-16H,3-8H2,1-2H3. The van der Waals surface area contributed by atoms with Gasteiger partial charge in [-0.1, -0.05) is 0 Å². The summed E-state index contributed by atoms with van der Waals surface area (Å²) in [5.41, 5.74) is 0. The molecule has 118 valence electrons. The van der Waals surface area contributed by atoms with Gasteiger partial charge in [0.25, 0.3) is 0 Å². The molecule has 0 spiro atoms. The molecule has 0 heterocycles. The summed E-state index contributed by atoms with van der Waals surface area (Å²) < 4.78 is 32.6. The van der Waals surface area contributed by atoms with Crippen LogP contribution in [0.1, 0.15) is 20.3 Å². The second-order valence-corrected chi connectivity index (χ2v) is 7.12. The van der Waals surface area contributed by atoms with Crippen molar-refractivity contribution >= 4 is 16.1 Å². The molecule has 0 aliphatic heterocycles. The van der Waals surface area contributed by atoms with E-state index in [9.17, 15) is 23.3 Å². The third-order valence-electron chi connectivity index (χ3n) is 2.87. The molecule has 0 saturated heterocycles. The van der Waals surface area contributed by atoms with Crippen LogP contribution in [0.4, 0.5) is 0 Å². The number of hydrogen-bond acceptors (Lipinski definition) is 7. The summed E-state index contributed by atoms with van der Waals surface area (Å²) in [7, 11) is -3.92. The van der Waals surface area contributed by atoms with Crippen molar-refractivity contribution in [2.45, 2.75) is 32.4 Å². The Labute approximate surface area is 120 Å². The summed E-state index contributed by atoms with van der Waals surface area (Å²) in [5, 5.41) is 28.2. The van der Waals surface area contributed by atoms with Crippen LogP contribution in [0, 0.1) is 5.92 Å². The first-order valence-corrected chi connectivity index (χ1v) is 8.29. The van der Waals surface area contributed by atoms with E-state index in [4.69, 9.17) is 5.11 Å². The van der Waals surface area contributed by atoms with E-state index in [0.29, 0.717) is 12.3 Å². The number of hydrogen-bond donors (Lipinski definition) is 3. The average Bonchev–Trinajstić information content (AvgIpc) is 2.34. The van der Waals surface area contributed by atoms with Crippen molar-refractivity contribution in [3.8, 4) is 0 Å². The fourth-order valence-corrected chi connectivity index (χ4v) is 2.79. The van der Waals surface area contributed by atoms with Crippen LogP contribution in [0.15, 0.2) is 0 Å². The fourth-order valence-electron chi connectivity index (χ4n) is 2.07. The molecule has 0 aromatic rings. The maximum absolute atomic E-state index is 11.1. The molecule has 0 aliphatic carbocycles. The summed E-state index contributed by atoms with van der Waals surface area (Å²) in [6.45, 7) is 3.84. The van der Waals surface area contributed by atoms with Crippen molar-refractivity contribution in [1.29, 1.82) is 0 Å². The van der Waals surface area contributed by atoms with E-state index in [1.807, 2.05) is 13.8 Å². The first-order chi connectivity index (χ1) is 9.25. The monoisotopic (exact) mass is 309 g/mol. The molecule has 9 heteroatoms. The van der Waals surface area contributed by atoms with E-state index >= 15 is 0 Å². The molecule has 3 N–H and O–H groups in total. The molecule has 0 saturated carbocycles. The second-order valence-electron chi connectivity index (χ2n) is 5.26. The van der Waals surface area contributed by atoms with E-state index in [2.05, 4.69) is 0 Å². The number of aliphatic hydroxyl groups excluding tert-OH is 3. The molecule has 0 aromatic heterocycles. The Bertz CT molecular complexity index is 375. The van der Waals surface area contributed by atoms with Crippen molar-refractivity contribution in [1.82, 2.24) is 4.90 Å². The van der Waals surface area contributed by atoms with Gasteiger partial charge in [-0.05, 0) is 0 Å². The molecule has 0 radical (unpaired) electrons. The van der Waals surface area contributed by atoms with E-state index in [0.717, 1.165) is 0 Å². The Morgan fingerprint density at radius 3 is 2.25 bits per heavy atom. The summed E-state index contributed by atoms with van der Waals surface area (Å²) in [4.78, 5) is 1.64. The molecular formula is C11H24BNO6S. The van der Waals surface area contributed by atoms with Crippen LogP contribution < -0.4 is 0 Å². The zero-order valence-electron chi connectivity index (χ0n) is 12.0. The minimum absolute atomic E-state index is 0.0222. The molecular weight excluding hydrogens is 285 g/mol. The van der Waals surface area contributed by atoms with Crippen molar-refractivity contribution in [2.24, 2.45) is 5.92 Å². The molecule has 0 fully saturated rings. The van der Waals surface area contributed by atoms with Gasteiger partial charge in [-0.3, -0.25) is 0 Å². The fraction of sp³-hybridized carbons (Fsp3) is 1.00. The van der Waals surface area contributed by atoms with E-state index in [-0.39, 0.29) is 38.8 Å². The van der Waals surface area contributed by atoms with Gasteiger partial charge in [0.2, 0.25) is 0 Å². The van der Waals surface area contributed by atoms with Gasteiger partial charge in [-0.15, -0.1) is 0 Å². The first-order valence-electron chi connectivity index (χ1n) is 6.57. The number of rotatable bonds is 11. The zero-order valence-corrected chi connectivity index (χ0v) is 12.8. The minimum atomic E-state index is -3.92. The molecule has 0 aliphatic rings. The second kappa shape index (κ2) is 9.57. The van der Waals surface area contributed by atoms with Crippen LogP contribution >= 0.6 is 0 Å². The van der Waals surface area contributed by atoms with E-state index in [1.165, 1.54) is 0 Å². The van der Waals surface area contributed by atoms with Crippen LogP contribution in [0.5, 0.6) is 0 Å². The van der Waals surface area contributed by atoms with Crippen molar-refractivity contribution < 1.29 is 28.4 Å². The molecule has 0 rings (SSSR count). The van der Waals surface area contributed by atoms with Crippen molar-refractivity contribution in [3.63, 3.8) is 0 Å². The Morgan fingerprint density at radius 2 is 1.85 bits per heavy atom. The van der Waals surface area contributed by atoms with Gasteiger partial charge in [-0.2, -0.15) is 0 Å². The zero-order chi connectivity index (χ0) is 15.8. The third-order valence-corrected chi connectivity index (χ3v) is 4.02. The van der Waals surface area contributed by atoms with E-state index < -0.39 is 21.5 Å². The van der Waals surface area contributed by atoms with Gasteiger partial charge in [-0.25, -0.2) is 0 Å². The number of nitrogens with zero attached hydrogens (tertiary/aromatic N) is 1. The summed E-state index contributed by atoms with van der Waals surface area (Å²) in [6.07, 6.45) is -0.758.